The summed E-state index contributed by atoms with van der Waals surface area (Å²) in [7, 11) is 0. The third-order valence-corrected chi connectivity index (χ3v) is 3.34. The molecule has 116 valence electrons. The van der Waals surface area contributed by atoms with Crippen molar-refractivity contribution < 1.29 is 9.53 Å². The molecule has 0 radical (unpaired) electrons. The first-order valence-corrected chi connectivity index (χ1v) is 7.54. The maximum Gasteiger partial charge on any atom is 0.220 e. The first kappa shape index (κ1) is 16.0. The molecular formula is C18H22N2O2. The summed E-state index contributed by atoms with van der Waals surface area (Å²) in [5.41, 5.74) is 2.03. The third kappa shape index (κ3) is 5.20. The van der Waals surface area contributed by atoms with Crippen molar-refractivity contribution in [1.29, 1.82) is 0 Å². The Morgan fingerprint density at radius 2 is 2.00 bits per heavy atom. The molecule has 1 aromatic heterocycles. The maximum absolute atomic E-state index is 11.8. The van der Waals surface area contributed by atoms with Crippen LogP contribution in [0.5, 0.6) is 5.75 Å². The summed E-state index contributed by atoms with van der Waals surface area (Å²) in [6.45, 7) is 4.45. The minimum atomic E-state index is -0.0695. The lowest BCUT2D eigenvalue weighted by atomic mass is 10.2. The maximum atomic E-state index is 11.8. The van der Waals surface area contributed by atoms with Crippen LogP contribution in [0.15, 0.2) is 48.7 Å². The zero-order valence-corrected chi connectivity index (χ0v) is 13.1. The summed E-state index contributed by atoms with van der Waals surface area (Å²) in [4.78, 5) is 16.1. The van der Waals surface area contributed by atoms with E-state index in [0.29, 0.717) is 19.4 Å². The molecule has 1 N–H and O–H groups in total. The quantitative estimate of drug-likeness (QED) is 0.855. The fourth-order valence-electron chi connectivity index (χ4n) is 2.08. The molecule has 0 aliphatic carbocycles. The Morgan fingerprint density at radius 3 is 2.73 bits per heavy atom. The van der Waals surface area contributed by atoms with Crippen molar-refractivity contribution in [3.8, 4) is 5.75 Å². The van der Waals surface area contributed by atoms with Crippen LogP contribution in [0, 0.1) is 6.92 Å². The van der Waals surface area contributed by atoms with E-state index >= 15 is 0 Å². The van der Waals surface area contributed by atoms with E-state index in [9.17, 15) is 4.79 Å². The van der Waals surface area contributed by atoms with Crippen molar-refractivity contribution >= 4 is 5.91 Å². The van der Waals surface area contributed by atoms with E-state index in [1.165, 1.54) is 0 Å². The van der Waals surface area contributed by atoms with E-state index in [-0.39, 0.29) is 12.0 Å². The second-order valence-electron chi connectivity index (χ2n) is 5.32. The van der Waals surface area contributed by atoms with Gasteiger partial charge in [-0.05, 0) is 44.0 Å². The van der Waals surface area contributed by atoms with Crippen LogP contribution in [0.4, 0.5) is 0 Å². The standard InChI is InChI=1S/C18H22N2O2/c1-14-7-3-4-9-17(14)22-15(2)13-20-18(21)11-10-16-8-5-6-12-19-16/h3-9,12,15H,10-11,13H2,1-2H3,(H,20,21)/t15-/m0/s1. The summed E-state index contributed by atoms with van der Waals surface area (Å²) < 4.78 is 5.83. The van der Waals surface area contributed by atoms with E-state index in [1.807, 2.05) is 56.3 Å². The van der Waals surface area contributed by atoms with E-state index < -0.39 is 0 Å². The van der Waals surface area contributed by atoms with Gasteiger partial charge >= 0.3 is 0 Å². The number of rotatable bonds is 7. The van der Waals surface area contributed by atoms with Crippen LogP contribution in [0.1, 0.15) is 24.6 Å². The Hall–Kier alpha value is -2.36. The average molecular weight is 298 g/mol. The van der Waals surface area contributed by atoms with Gasteiger partial charge < -0.3 is 10.1 Å². The number of carbonyl (C=O) groups excluding carboxylic acids is 1. The molecule has 22 heavy (non-hydrogen) atoms. The number of amides is 1. The number of carbonyl (C=O) groups is 1. The summed E-state index contributed by atoms with van der Waals surface area (Å²) in [6, 6.07) is 13.6. The third-order valence-electron chi connectivity index (χ3n) is 3.34. The van der Waals surface area contributed by atoms with Crippen molar-refractivity contribution in [3.05, 3.63) is 59.9 Å². The number of benzene rings is 1. The largest absolute Gasteiger partial charge is 0.489 e. The predicted molar refractivity (Wildman–Crippen MR) is 86.8 cm³/mol. The molecule has 1 atom stereocenters. The molecule has 0 aliphatic rings. The lowest BCUT2D eigenvalue weighted by molar-refractivity contribution is -0.121. The molecule has 0 fully saturated rings. The van der Waals surface area contributed by atoms with Gasteiger partial charge in [0.05, 0.1) is 6.54 Å². The molecular weight excluding hydrogens is 276 g/mol. The Labute approximate surface area is 131 Å². The van der Waals surface area contributed by atoms with Gasteiger partial charge in [-0.25, -0.2) is 0 Å². The molecule has 4 nitrogen and oxygen atoms in total. The second kappa shape index (κ2) is 8.17. The number of nitrogens with one attached hydrogen (secondary N) is 1. The van der Waals surface area contributed by atoms with E-state index in [0.717, 1.165) is 17.0 Å². The van der Waals surface area contributed by atoms with Gasteiger partial charge in [-0.15, -0.1) is 0 Å². The van der Waals surface area contributed by atoms with Gasteiger partial charge in [-0.3, -0.25) is 9.78 Å². The first-order chi connectivity index (χ1) is 10.6. The highest BCUT2D eigenvalue weighted by molar-refractivity contribution is 5.76. The predicted octanol–water partition coefficient (Wildman–Crippen LogP) is 2.91. The fourth-order valence-corrected chi connectivity index (χ4v) is 2.08. The molecule has 0 aliphatic heterocycles. The fraction of sp³-hybridized carbons (Fsp3) is 0.333. The minimum absolute atomic E-state index is 0.0193. The van der Waals surface area contributed by atoms with Gasteiger partial charge in [0, 0.05) is 18.3 Å². The molecule has 2 aromatic rings. The van der Waals surface area contributed by atoms with Gasteiger partial charge in [-0.2, -0.15) is 0 Å². The number of para-hydroxylation sites is 1. The second-order valence-corrected chi connectivity index (χ2v) is 5.32. The van der Waals surface area contributed by atoms with Gasteiger partial charge in [0.25, 0.3) is 0 Å². The number of nitrogens with zero attached hydrogens (tertiary/aromatic N) is 1. The van der Waals surface area contributed by atoms with Gasteiger partial charge in [0.2, 0.25) is 5.91 Å². The summed E-state index contributed by atoms with van der Waals surface area (Å²) in [5, 5.41) is 2.90. The molecule has 2 rings (SSSR count). The lowest BCUT2D eigenvalue weighted by Gasteiger charge is -2.17. The highest BCUT2D eigenvalue weighted by Crippen LogP contribution is 2.17. The summed E-state index contributed by atoms with van der Waals surface area (Å²) in [6.07, 6.45) is 2.76. The Balaban J connectivity index is 1.71. The number of hydrogen-bond acceptors (Lipinski definition) is 3. The van der Waals surface area contributed by atoms with Crippen LogP contribution in [0.3, 0.4) is 0 Å². The highest BCUT2D eigenvalue weighted by atomic mass is 16.5. The smallest absolute Gasteiger partial charge is 0.220 e. The van der Waals surface area contributed by atoms with Crippen LogP contribution in [-0.4, -0.2) is 23.5 Å². The lowest BCUT2D eigenvalue weighted by Crippen LogP contribution is -2.33. The molecule has 1 aromatic carbocycles. The van der Waals surface area contributed by atoms with Gasteiger partial charge in [0.15, 0.2) is 0 Å². The SMILES string of the molecule is Cc1ccccc1O[C@@H](C)CNC(=O)CCc1ccccn1. The zero-order valence-electron chi connectivity index (χ0n) is 13.1. The first-order valence-electron chi connectivity index (χ1n) is 7.54. The molecule has 0 spiro atoms. The molecule has 0 bridgehead atoms. The molecule has 0 unspecified atom stereocenters. The number of pyridine rings is 1. The molecule has 1 amide bonds. The Bertz CT molecular complexity index is 599. The van der Waals surface area contributed by atoms with Crippen LogP contribution >= 0.6 is 0 Å². The van der Waals surface area contributed by atoms with Crippen LogP contribution in [0.2, 0.25) is 0 Å². The average Bonchev–Trinajstić information content (AvgIpc) is 2.54. The Kier molecular flexibility index (Phi) is 5.95. The zero-order chi connectivity index (χ0) is 15.8. The van der Waals surface area contributed by atoms with Crippen molar-refractivity contribution in [1.82, 2.24) is 10.3 Å². The van der Waals surface area contributed by atoms with Crippen molar-refractivity contribution in [2.24, 2.45) is 0 Å². The minimum Gasteiger partial charge on any atom is -0.489 e. The van der Waals surface area contributed by atoms with Crippen LogP contribution in [-0.2, 0) is 11.2 Å². The summed E-state index contributed by atoms with van der Waals surface area (Å²) in [5.74, 6) is 0.878. The molecule has 0 saturated heterocycles. The summed E-state index contributed by atoms with van der Waals surface area (Å²) >= 11 is 0. The number of ether oxygens (including phenoxy) is 1. The number of aryl methyl sites for hydroxylation is 2. The monoisotopic (exact) mass is 298 g/mol. The topological polar surface area (TPSA) is 51.2 Å². The van der Waals surface area contributed by atoms with Crippen molar-refractivity contribution in [3.63, 3.8) is 0 Å². The Morgan fingerprint density at radius 1 is 1.23 bits per heavy atom. The number of aromatic nitrogens is 1. The van der Waals surface area contributed by atoms with Crippen molar-refractivity contribution in [2.75, 3.05) is 6.54 Å². The van der Waals surface area contributed by atoms with E-state index in [2.05, 4.69) is 10.3 Å². The van der Waals surface area contributed by atoms with Crippen LogP contribution in [0.25, 0.3) is 0 Å². The van der Waals surface area contributed by atoms with Gasteiger partial charge in [-0.1, -0.05) is 24.3 Å². The molecule has 4 heteroatoms. The molecule has 0 saturated carbocycles. The normalized spacial score (nSPS) is 11.7. The van der Waals surface area contributed by atoms with Gasteiger partial charge in [0.1, 0.15) is 11.9 Å². The van der Waals surface area contributed by atoms with E-state index in [4.69, 9.17) is 4.74 Å². The van der Waals surface area contributed by atoms with Crippen LogP contribution < -0.4 is 10.1 Å². The van der Waals surface area contributed by atoms with Crippen molar-refractivity contribution in [2.45, 2.75) is 32.8 Å². The molecule has 1 heterocycles. The highest BCUT2D eigenvalue weighted by Gasteiger charge is 2.08. The number of hydrogen-bond donors (Lipinski definition) is 1. The van der Waals surface area contributed by atoms with E-state index in [1.54, 1.807) is 6.20 Å².